The maximum absolute atomic E-state index is 12.7. The van der Waals surface area contributed by atoms with Gasteiger partial charge in [-0.15, -0.1) is 0 Å². The molecule has 0 saturated heterocycles. The number of aromatic amines is 2. The number of aryl methyl sites for hydroxylation is 2. The monoisotopic (exact) mass is 357 g/mol. The highest BCUT2D eigenvalue weighted by molar-refractivity contribution is 6.31. The fraction of sp³-hybridized carbons (Fsp3) is 0.125. The maximum atomic E-state index is 12.7. The van der Waals surface area contributed by atoms with Crippen molar-refractivity contribution in [1.82, 2.24) is 24.3 Å². The van der Waals surface area contributed by atoms with Crippen LogP contribution in [0.5, 0.6) is 0 Å². The van der Waals surface area contributed by atoms with Gasteiger partial charge in [-0.2, -0.15) is 0 Å². The van der Waals surface area contributed by atoms with Crippen molar-refractivity contribution in [2.24, 2.45) is 0 Å². The molecule has 0 bridgehead atoms. The van der Waals surface area contributed by atoms with Crippen molar-refractivity contribution in [3.8, 4) is 0 Å². The molecule has 0 aliphatic heterocycles. The number of nitrogens with zero attached hydrogens (tertiary/aromatic N) is 3. The fourth-order valence-electron chi connectivity index (χ4n) is 2.79. The number of H-pyrrole nitrogens is 2. The first-order valence-electron chi connectivity index (χ1n) is 7.49. The van der Waals surface area contributed by atoms with Gasteiger partial charge in [0.2, 0.25) is 5.43 Å². The number of fused-ring (bicyclic) bond motifs is 2. The summed E-state index contributed by atoms with van der Waals surface area (Å²) in [6.07, 6.45) is 4.97. The molecule has 3 heterocycles. The van der Waals surface area contributed by atoms with E-state index in [0.29, 0.717) is 22.5 Å². The van der Waals surface area contributed by atoms with E-state index >= 15 is 0 Å². The van der Waals surface area contributed by atoms with Crippen LogP contribution in [0.1, 0.15) is 0 Å². The second-order valence-corrected chi connectivity index (χ2v) is 6.03. The summed E-state index contributed by atoms with van der Waals surface area (Å²) in [5.74, 6) is 0. The van der Waals surface area contributed by atoms with Gasteiger partial charge in [0.05, 0.1) is 18.4 Å². The summed E-state index contributed by atoms with van der Waals surface area (Å²) in [5, 5.41) is 3.07. The summed E-state index contributed by atoms with van der Waals surface area (Å²) in [4.78, 5) is 44.5. The first-order valence-corrected chi connectivity index (χ1v) is 7.86. The van der Waals surface area contributed by atoms with Crippen LogP contribution in [0.2, 0.25) is 5.02 Å². The lowest BCUT2D eigenvalue weighted by Crippen LogP contribution is -2.34. The highest BCUT2D eigenvalue weighted by Gasteiger charge is 2.14. The van der Waals surface area contributed by atoms with E-state index < -0.39 is 16.5 Å². The van der Waals surface area contributed by atoms with Crippen LogP contribution in [0.15, 0.2) is 51.3 Å². The number of benzene rings is 1. The Balaban J connectivity index is 1.95. The number of pyridine rings is 1. The molecule has 1 aromatic carbocycles. The summed E-state index contributed by atoms with van der Waals surface area (Å²) in [7, 11) is 0. The van der Waals surface area contributed by atoms with E-state index in [1.54, 1.807) is 35.4 Å². The van der Waals surface area contributed by atoms with Crippen molar-refractivity contribution >= 4 is 33.4 Å². The molecule has 0 atom stereocenters. The first-order chi connectivity index (χ1) is 12.0. The number of nitrogens with one attached hydrogen (secondary N) is 2. The molecular formula is C16H12ClN5O3. The molecule has 0 unspecified atom stereocenters. The second-order valence-electron chi connectivity index (χ2n) is 5.59. The lowest BCUT2D eigenvalue weighted by molar-refractivity contribution is 0.509. The molecule has 8 nitrogen and oxygen atoms in total. The van der Waals surface area contributed by atoms with Crippen LogP contribution in [0.3, 0.4) is 0 Å². The average Bonchev–Trinajstić information content (AvgIpc) is 3.10. The molecule has 0 amide bonds. The summed E-state index contributed by atoms with van der Waals surface area (Å²) in [6, 6.07) is 4.64. The predicted octanol–water partition coefficient (Wildman–Crippen LogP) is 1.08. The minimum atomic E-state index is -0.548. The molecule has 0 fully saturated rings. The van der Waals surface area contributed by atoms with Gasteiger partial charge in [0.25, 0.3) is 11.1 Å². The molecule has 25 heavy (non-hydrogen) atoms. The molecular weight excluding hydrogens is 346 g/mol. The van der Waals surface area contributed by atoms with E-state index in [2.05, 4.69) is 15.1 Å². The third-order valence-electron chi connectivity index (χ3n) is 4.03. The van der Waals surface area contributed by atoms with Crippen molar-refractivity contribution in [3.63, 3.8) is 0 Å². The zero-order chi connectivity index (χ0) is 17.6. The molecule has 0 aliphatic rings. The maximum Gasteiger partial charge on any atom is 0.287 e. The van der Waals surface area contributed by atoms with E-state index in [4.69, 9.17) is 11.6 Å². The number of aromatic nitrogens is 5. The number of halogens is 1. The van der Waals surface area contributed by atoms with E-state index in [1.165, 1.54) is 6.07 Å². The van der Waals surface area contributed by atoms with Crippen LogP contribution in [-0.4, -0.2) is 24.3 Å². The Hall–Kier alpha value is -3.13. The molecule has 3 aromatic heterocycles. The molecule has 126 valence electrons. The zero-order valence-corrected chi connectivity index (χ0v) is 13.6. The van der Waals surface area contributed by atoms with Gasteiger partial charge in [-0.3, -0.25) is 19.5 Å². The Labute approximate surface area is 144 Å². The lowest BCUT2D eigenvalue weighted by Gasteiger charge is -2.08. The molecule has 2 N–H and O–H groups in total. The van der Waals surface area contributed by atoms with E-state index in [1.807, 2.05) is 0 Å². The molecule has 0 spiro atoms. The number of hydrogen-bond acceptors (Lipinski definition) is 4. The van der Waals surface area contributed by atoms with Gasteiger partial charge in [-0.1, -0.05) is 11.6 Å². The van der Waals surface area contributed by atoms with Gasteiger partial charge in [-0.05, 0) is 18.2 Å². The van der Waals surface area contributed by atoms with Crippen LogP contribution in [0, 0.1) is 0 Å². The molecule has 4 rings (SSSR count). The quantitative estimate of drug-likeness (QED) is 0.535. The Morgan fingerprint density at radius 3 is 2.76 bits per heavy atom. The highest BCUT2D eigenvalue weighted by Crippen LogP contribution is 2.16. The smallest absolute Gasteiger partial charge is 0.287 e. The van der Waals surface area contributed by atoms with Gasteiger partial charge in [0.1, 0.15) is 10.9 Å². The number of rotatable bonds is 3. The van der Waals surface area contributed by atoms with Crippen LogP contribution >= 0.6 is 11.6 Å². The molecule has 0 saturated carbocycles. The van der Waals surface area contributed by atoms with E-state index in [0.717, 1.165) is 4.68 Å². The van der Waals surface area contributed by atoms with Crippen molar-refractivity contribution in [3.05, 3.63) is 72.9 Å². The lowest BCUT2D eigenvalue weighted by atomic mass is 10.1. The largest absolute Gasteiger partial charge is 0.350 e. The van der Waals surface area contributed by atoms with Crippen LogP contribution in [0.4, 0.5) is 0 Å². The zero-order valence-electron chi connectivity index (χ0n) is 12.8. The van der Waals surface area contributed by atoms with Gasteiger partial charge < -0.3 is 9.55 Å². The van der Waals surface area contributed by atoms with Crippen molar-refractivity contribution in [1.29, 1.82) is 0 Å². The molecule has 9 heteroatoms. The van der Waals surface area contributed by atoms with Crippen molar-refractivity contribution in [2.75, 3.05) is 0 Å². The Kier molecular flexibility index (Phi) is 3.54. The summed E-state index contributed by atoms with van der Waals surface area (Å²) in [5.41, 5.74) is -1.23. The van der Waals surface area contributed by atoms with Crippen LogP contribution in [0.25, 0.3) is 21.8 Å². The first kappa shape index (κ1) is 15.4. The Morgan fingerprint density at radius 1 is 1.16 bits per heavy atom. The number of hydrogen-bond donors (Lipinski definition) is 2. The summed E-state index contributed by atoms with van der Waals surface area (Å²) < 4.78 is 2.91. The highest BCUT2D eigenvalue weighted by atomic mass is 35.5. The van der Waals surface area contributed by atoms with Crippen molar-refractivity contribution < 1.29 is 0 Å². The average molecular weight is 358 g/mol. The van der Waals surface area contributed by atoms with Gasteiger partial charge in [0.15, 0.2) is 0 Å². The van der Waals surface area contributed by atoms with E-state index in [9.17, 15) is 14.4 Å². The fourth-order valence-corrected chi connectivity index (χ4v) is 2.97. The minimum absolute atomic E-state index is 0.0522. The van der Waals surface area contributed by atoms with E-state index in [-0.39, 0.29) is 17.4 Å². The van der Waals surface area contributed by atoms with Crippen LogP contribution in [-0.2, 0) is 13.1 Å². The summed E-state index contributed by atoms with van der Waals surface area (Å²) in [6.45, 7) is 0.640. The predicted molar refractivity (Wildman–Crippen MR) is 94.2 cm³/mol. The summed E-state index contributed by atoms with van der Waals surface area (Å²) >= 11 is 5.93. The van der Waals surface area contributed by atoms with Gasteiger partial charge in [-0.25, -0.2) is 9.67 Å². The van der Waals surface area contributed by atoms with Crippen LogP contribution < -0.4 is 16.5 Å². The topological polar surface area (TPSA) is 106 Å². The standard InChI is InChI=1S/C16H12ClN5O3/c17-9-1-2-10-11(7-9)19-13-12(14(10)23)16(25)22(20-15(13)24)6-5-21-4-3-18-8-21/h1-4,7-8H,5-6H2,(H,19,23)(H,20,24). The van der Waals surface area contributed by atoms with Gasteiger partial charge >= 0.3 is 0 Å². The minimum Gasteiger partial charge on any atom is -0.350 e. The SMILES string of the molecule is O=c1[nH]n(CCn2ccnc2)c(=O)c2c(=O)c3ccc(Cl)cc3[nH]c12. The third kappa shape index (κ3) is 2.56. The molecule has 0 aliphatic carbocycles. The second kappa shape index (κ2) is 5.75. The van der Waals surface area contributed by atoms with Gasteiger partial charge in [0, 0.05) is 29.3 Å². The molecule has 0 radical (unpaired) electrons. The Bertz CT molecular complexity index is 1270. The third-order valence-corrected chi connectivity index (χ3v) is 4.26. The molecule has 4 aromatic rings. The number of imidazole rings is 1. The normalized spacial score (nSPS) is 11.4. The Morgan fingerprint density at radius 2 is 2.00 bits per heavy atom. The van der Waals surface area contributed by atoms with Crippen molar-refractivity contribution in [2.45, 2.75) is 13.1 Å².